The summed E-state index contributed by atoms with van der Waals surface area (Å²) in [6.45, 7) is 2.63. The topological polar surface area (TPSA) is 80.6 Å². The Balaban J connectivity index is 1.35. The van der Waals surface area contributed by atoms with Crippen molar-refractivity contribution >= 4 is 16.8 Å². The smallest absolute Gasteiger partial charge is 0.270 e. The average molecular weight is 381 g/mol. The van der Waals surface area contributed by atoms with E-state index in [0.717, 1.165) is 60.1 Å². The van der Waals surface area contributed by atoms with E-state index in [1.807, 2.05) is 29.2 Å². The standard InChI is InChI=1S/C21H23N3O4/c1-26-15-2-3-16-14(10-15)11-17(22-16)21(25)24-7-4-19-18(12-24)23-20(28-19)13-5-8-27-9-6-13/h2-3,10-11,13,22H,4-9,12H2,1H3. The van der Waals surface area contributed by atoms with Crippen LogP contribution in [0, 0.1) is 0 Å². The number of amides is 1. The summed E-state index contributed by atoms with van der Waals surface area (Å²) in [5, 5.41) is 0.962. The Morgan fingerprint density at radius 2 is 2.14 bits per heavy atom. The Bertz CT molecular complexity index is 1020. The molecule has 0 aliphatic carbocycles. The molecule has 1 fully saturated rings. The second kappa shape index (κ2) is 6.98. The highest BCUT2D eigenvalue weighted by Crippen LogP contribution is 2.30. The van der Waals surface area contributed by atoms with Crippen LogP contribution in [0.5, 0.6) is 5.75 Å². The van der Waals surface area contributed by atoms with Gasteiger partial charge in [0.25, 0.3) is 5.91 Å². The molecule has 1 saturated heterocycles. The number of aromatic amines is 1. The minimum atomic E-state index is -0.0172. The van der Waals surface area contributed by atoms with Crippen LogP contribution in [0.3, 0.4) is 0 Å². The first-order valence-electron chi connectivity index (χ1n) is 9.73. The van der Waals surface area contributed by atoms with Crippen molar-refractivity contribution in [1.82, 2.24) is 14.9 Å². The number of carbonyl (C=O) groups is 1. The van der Waals surface area contributed by atoms with Gasteiger partial charge in [0.1, 0.15) is 22.9 Å². The van der Waals surface area contributed by atoms with E-state index in [9.17, 15) is 4.79 Å². The Morgan fingerprint density at radius 3 is 2.96 bits per heavy atom. The number of nitrogens with zero attached hydrogens (tertiary/aromatic N) is 2. The molecule has 28 heavy (non-hydrogen) atoms. The molecule has 3 aromatic rings. The number of carbonyl (C=O) groups excluding carboxylic acids is 1. The first-order chi connectivity index (χ1) is 13.7. The van der Waals surface area contributed by atoms with Gasteiger partial charge < -0.3 is 23.8 Å². The summed E-state index contributed by atoms with van der Waals surface area (Å²) >= 11 is 0. The molecule has 4 heterocycles. The SMILES string of the molecule is COc1ccc2[nH]c(C(=O)N3CCc4oc(C5CCOCC5)nc4C3)cc2c1. The van der Waals surface area contributed by atoms with Crippen molar-refractivity contribution < 1.29 is 18.7 Å². The number of rotatable bonds is 3. The molecule has 2 aliphatic heterocycles. The summed E-state index contributed by atoms with van der Waals surface area (Å²) in [5.41, 5.74) is 2.39. The van der Waals surface area contributed by atoms with Crippen LogP contribution in [0.2, 0.25) is 0 Å². The first-order valence-corrected chi connectivity index (χ1v) is 9.73. The van der Waals surface area contributed by atoms with E-state index in [-0.39, 0.29) is 5.91 Å². The van der Waals surface area contributed by atoms with E-state index in [0.29, 0.717) is 31.1 Å². The van der Waals surface area contributed by atoms with E-state index < -0.39 is 0 Å². The summed E-state index contributed by atoms with van der Waals surface area (Å²) in [6.07, 6.45) is 2.59. The van der Waals surface area contributed by atoms with E-state index in [1.165, 1.54) is 0 Å². The maximum atomic E-state index is 13.0. The summed E-state index contributed by atoms with van der Waals surface area (Å²) in [4.78, 5) is 22.8. The van der Waals surface area contributed by atoms with Gasteiger partial charge in [0.2, 0.25) is 0 Å². The average Bonchev–Trinajstić information content (AvgIpc) is 3.36. The zero-order valence-electron chi connectivity index (χ0n) is 15.9. The second-order valence-electron chi connectivity index (χ2n) is 7.42. The van der Waals surface area contributed by atoms with Gasteiger partial charge in [0.15, 0.2) is 5.89 Å². The van der Waals surface area contributed by atoms with Crippen molar-refractivity contribution in [2.24, 2.45) is 0 Å². The lowest BCUT2D eigenvalue weighted by molar-refractivity contribution is 0.0721. The summed E-state index contributed by atoms with van der Waals surface area (Å²) in [6, 6.07) is 7.62. The van der Waals surface area contributed by atoms with Crippen LogP contribution in [-0.4, -0.2) is 47.6 Å². The van der Waals surface area contributed by atoms with Gasteiger partial charge in [0.05, 0.1) is 13.7 Å². The Labute approximate surface area is 162 Å². The van der Waals surface area contributed by atoms with Crippen molar-refractivity contribution in [2.45, 2.75) is 31.7 Å². The fraction of sp³-hybridized carbons (Fsp3) is 0.429. The lowest BCUT2D eigenvalue weighted by Gasteiger charge is -2.24. The van der Waals surface area contributed by atoms with Crippen molar-refractivity contribution in [3.8, 4) is 5.75 Å². The van der Waals surface area contributed by atoms with Gasteiger partial charge in [-0.2, -0.15) is 0 Å². The lowest BCUT2D eigenvalue weighted by Crippen LogP contribution is -2.36. The van der Waals surface area contributed by atoms with Crippen molar-refractivity contribution in [3.63, 3.8) is 0 Å². The third-order valence-corrected chi connectivity index (χ3v) is 5.66. The molecule has 1 aromatic carbocycles. The minimum absolute atomic E-state index is 0.0172. The lowest BCUT2D eigenvalue weighted by atomic mass is 10.0. The monoisotopic (exact) mass is 381 g/mol. The Morgan fingerprint density at radius 1 is 1.29 bits per heavy atom. The van der Waals surface area contributed by atoms with E-state index in [2.05, 4.69) is 4.98 Å². The predicted octanol–water partition coefficient (Wildman–Crippen LogP) is 3.26. The molecule has 0 unspecified atom stereocenters. The van der Waals surface area contributed by atoms with Crippen LogP contribution in [0.1, 0.15) is 46.6 Å². The molecule has 7 heteroatoms. The van der Waals surface area contributed by atoms with Crippen molar-refractivity contribution in [1.29, 1.82) is 0 Å². The van der Waals surface area contributed by atoms with Gasteiger partial charge in [-0.3, -0.25) is 4.79 Å². The zero-order valence-corrected chi connectivity index (χ0v) is 15.9. The molecule has 0 radical (unpaired) electrons. The molecule has 1 N–H and O–H groups in total. The number of ether oxygens (including phenoxy) is 2. The highest BCUT2D eigenvalue weighted by Gasteiger charge is 2.29. The normalized spacial score (nSPS) is 17.7. The fourth-order valence-electron chi connectivity index (χ4n) is 4.03. The van der Waals surface area contributed by atoms with Gasteiger partial charge in [-0.15, -0.1) is 0 Å². The van der Waals surface area contributed by atoms with Crippen LogP contribution in [0.15, 0.2) is 28.7 Å². The Kier molecular flexibility index (Phi) is 4.31. The molecule has 0 bridgehead atoms. The van der Waals surface area contributed by atoms with Crippen LogP contribution in [-0.2, 0) is 17.7 Å². The molecule has 1 amide bonds. The number of fused-ring (bicyclic) bond motifs is 2. The van der Waals surface area contributed by atoms with E-state index in [1.54, 1.807) is 7.11 Å². The third-order valence-electron chi connectivity index (χ3n) is 5.66. The third kappa shape index (κ3) is 3.05. The molecule has 2 aromatic heterocycles. The van der Waals surface area contributed by atoms with Gasteiger partial charge in [-0.1, -0.05) is 0 Å². The predicted molar refractivity (Wildman–Crippen MR) is 103 cm³/mol. The van der Waals surface area contributed by atoms with Crippen LogP contribution >= 0.6 is 0 Å². The molecule has 0 atom stereocenters. The molecule has 0 spiro atoms. The van der Waals surface area contributed by atoms with Gasteiger partial charge in [-0.25, -0.2) is 4.98 Å². The van der Waals surface area contributed by atoms with Gasteiger partial charge in [0, 0.05) is 43.0 Å². The van der Waals surface area contributed by atoms with E-state index >= 15 is 0 Å². The zero-order chi connectivity index (χ0) is 19.1. The highest BCUT2D eigenvalue weighted by molar-refractivity contribution is 5.98. The maximum absolute atomic E-state index is 13.0. The van der Waals surface area contributed by atoms with Crippen molar-refractivity contribution in [3.05, 3.63) is 47.3 Å². The first kappa shape index (κ1) is 17.3. The Hall–Kier alpha value is -2.80. The molecular weight excluding hydrogens is 358 g/mol. The van der Waals surface area contributed by atoms with Crippen LogP contribution < -0.4 is 4.74 Å². The largest absolute Gasteiger partial charge is 0.497 e. The molecule has 2 aliphatic rings. The van der Waals surface area contributed by atoms with Crippen LogP contribution in [0.4, 0.5) is 0 Å². The molecule has 146 valence electrons. The molecule has 0 saturated carbocycles. The number of methoxy groups -OCH3 is 1. The number of hydrogen-bond donors (Lipinski definition) is 1. The maximum Gasteiger partial charge on any atom is 0.270 e. The molecule has 5 rings (SSSR count). The van der Waals surface area contributed by atoms with Crippen LogP contribution in [0.25, 0.3) is 10.9 Å². The number of oxazole rings is 1. The number of benzene rings is 1. The van der Waals surface area contributed by atoms with Crippen molar-refractivity contribution in [2.75, 3.05) is 26.9 Å². The fourth-order valence-corrected chi connectivity index (χ4v) is 4.03. The minimum Gasteiger partial charge on any atom is -0.497 e. The quantitative estimate of drug-likeness (QED) is 0.753. The number of hydrogen-bond acceptors (Lipinski definition) is 5. The number of aromatic nitrogens is 2. The number of H-pyrrole nitrogens is 1. The van der Waals surface area contributed by atoms with E-state index in [4.69, 9.17) is 18.9 Å². The second-order valence-corrected chi connectivity index (χ2v) is 7.42. The summed E-state index contributed by atoms with van der Waals surface area (Å²) in [5.74, 6) is 2.81. The van der Waals surface area contributed by atoms with Gasteiger partial charge in [-0.05, 0) is 37.1 Å². The highest BCUT2D eigenvalue weighted by atomic mass is 16.5. The summed E-state index contributed by atoms with van der Waals surface area (Å²) < 4.78 is 16.7. The number of nitrogens with one attached hydrogen (secondary N) is 1. The summed E-state index contributed by atoms with van der Waals surface area (Å²) in [7, 11) is 1.64. The molecule has 7 nitrogen and oxygen atoms in total. The van der Waals surface area contributed by atoms with Gasteiger partial charge >= 0.3 is 0 Å². The molecular formula is C21H23N3O4.